The van der Waals surface area contributed by atoms with E-state index in [-0.39, 0.29) is 11.1 Å². The SMILES string of the molecule is CC(C)(C)OC(=O)NCCC=Cc1cc(C(=O)O)cc(C(=O)O)c1. The average molecular weight is 335 g/mol. The summed E-state index contributed by atoms with van der Waals surface area (Å²) in [6.07, 6.45) is 3.29. The van der Waals surface area contributed by atoms with Crippen molar-refractivity contribution in [3.05, 3.63) is 41.0 Å². The minimum absolute atomic E-state index is 0.0959. The van der Waals surface area contributed by atoms with Gasteiger partial charge in [0.05, 0.1) is 11.1 Å². The molecule has 1 aromatic carbocycles. The molecule has 1 aromatic rings. The van der Waals surface area contributed by atoms with Gasteiger partial charge in [-0.05, 0) is 51.0 Å². The van der Waals surface area contributed by atoms with Gasteiger partial charge in [0, 0.05) is 6.54 Å². The Morgan fingerprint density at radius 2 is 1.62 bits per heavy atom. The number of rotatable bonds is 6. The van der Waals surface area contributed by atoms with Gasteiger partial charge in [0.15, 0.2) is 0 Å². The van der Waals surface area contributed by atoms with Crippen LogP contribution in [0.1, 0.15) is 53.5 Å². The Labute approximate surface area is 139 Å². The van der Waals surface area contributed by atoms with Crippen molar-refractivity contribution in [3.8, 4) is 0 Å². The molecular formula is C17H21NO6. The lowest BCUT2D eigenvalue weighted by atomic mass is 10.0. The Kier molecular flexibility index (Phi) is 6.52. The van der Waals surface area contributed by atoms with Gasteiger partial charge in [-0.2, -0.15) is 0 Å². The molecule has 1 rings (SSSR count). The first kappa shape index (κ1) is 19.2. The summed E-state index contributed by atoms with van der Waals surface area (Å²) < 4.78 is 5.08. The van der Waals surface area contributed by atoms with Crippen molar-refractivity contribution >= 4 is 24.1 Å². The highest BCUT2D eigenvalue weighted by Crippen LogP contribution is 2.13. The van der Waals surface area contributed by atoms with Gasteiger partial charge in [-0.1, -0.05) is 12.2 Å². The minimum atomic E-state index is -1.20. The standard InChI is InChI=1S/C17H21NO6/c1-17(2,3)24-16(23)18-7-5-4-6-11-8-12(14(19)20)10-13(9-11)15(21)22/h4,6,8-10H,5,7H2,1-3H3,(H,18,23)(H,19,20)(H,21,22). The van der Waals surface area contributed by atoms with E-state index in [1.165, 1.54) is 12.1 Å². The predicted octanol–water partition coefficient (Wildman–Crippen LogP) is 3.01. The third-order valence-corrected chi connectivity index (χ3v) is 2.74. The lowest BCUT2D eigenvalue weighted by Gasteiger charge is -2.19. The minimum Gasteiger partial charge on any atom is -0.478 e. The zero-order valence-electron chi connectivity index (χ0n) is 13.8. The van der Waals surface area contributed by atoms with Crippen LogP contribution in [-0.2, 0) is 4.74 Å². The number of benzene rings is 1. The normalized spacial score (nSPS) is 11.3. The van der Waals surface area contributed by atoms with Crippen LogP contribution in [0.25, 0.3) is 6.08 Å². The number of aromatic carboxylic acids is 2. The van der Waals surface area contributed by atoms with Gasteiger partial charge in [0.25, 0.3) is 0 Å². The molecule has 24 heavy (non-hydrogen) atoms. The Morgan fingerprint density at radius 3 is 2.08 bits per heavy atom. The summed E-state index contributed by atoms with van der Waals surface area (Å²) in [5, 5.41) is 20.6. The molecule has 3 N–H and O–H groups in total. The fraction of sp³-hybridized carbons (Fsp3) is 0.353. The zero-order chi connectivity index (χ0) is 18.3. The van der Waals surface area contributed by atoms with E-state index in [4.69, 9.17) is 14.9 Å². The Bertz CT molecular complexity index is 625. The van der Waals surface area contributed by atoms with E-state index >= 15 is 0 Å². The van der Waals surface area contributed by atoms with Crippen LogP contribution in [0, 0.1) is 0 Å². The van der Waals surface area contributed by atoms with Gasteiger partial charge in [0.1, 0.15) is 5.60 Å². The Hall–Kier alpha value is -2.83. The predicted molar refractivity (Wildman–Crippen MR) is 88.2 cm³/mol. The van der Waals surface area contributed by atoms with Crippen molar-refractivity contribution in [2.45, 2.75) is 32.8 Å². The van der Waals surface area contributed by atoms with Crippen LogP contribution in [0.4, 0.5) is 4.79 Å². The molecule has 0 aliphatic carbocycles. The largest absolute Gasteiger partial charge is 0.478 e. The van der Waals surface area contributed by atoms with Crippen molar-refractivity contribution in [1.82, 2.24) is 5.32 Å². The van der Waals surface area contributed by atoms with Crippen molar-refractivity contribution in [1.29, 1.82) is 0 Å². The number of ether oxygens (including phenoxy) is 1. The fourth-order valence-corrected chi connectivity index (χ4v) is 1.79. The monoisotopic (exact) mass is 335 g/mol. The maximum atomic E-state index is 11.4. The number of amides is 1. The second kappa shape index (κ2) is 8.14. The van der Waals surface area contributed by atoms with Crippen LogP contribution in [-0.4, -0.2) is 40.4 Å². The van der Waals surface area contributed by atoms with E-state index in [9.17, 15) is 14.4 Å². The van der Waals surface area contributed by atoms with Crippen LogP contribution in [0.2, 0.25) is 0 Å². The number of carboxylic acid groups (broad SMARTS) is 2. The van der Waals surface area contributed by atoms with Crippen molar-refractivity contribution in [2.24, 2.45) is 0 Å². The van der Waals surface area contributed by atoms with Crippen LogP contribution in [0.3, 0.4) is 0 Å². The first-order chi connectivity index (χ1) is 11.1. The van der Waals surface area contributed by atoms with Crippen LogP contribution in [0.15, 0.2) is 24.3 Å². The van der Waals surface area contributed by atoms with Gasteiger partial charge in [-0.25, -0.2) is 14.4 Å². The molecule has 0 aliphatic heterocycles. The summed E-state index contributed by atoms with van der Waals surface area (Å²) in [5.74, 6) is -2.39. The number of carbonyl (C=O) groups excluding carboxylic acids is 1. The van der Waals surface area contributed by atoms with Crippen LogP contribution in [0.5, 0.6) is 0 Å². The molecule has 0 aliphatic rings. The fourth-order valence-electron chi connectivity index (χ4n) is 1.79. The van der Waals surface area contributed by atoms with Gasteiger partial charge in [-0.15, -0.1) is 0 Å². The summed E-state index contributed by atoms with van der Waals surface area (Å²) in [5.41, 5.74) is -0.294. The lowest BCUT2D eigenvalue weighted by molar-refractivity contribution is 0.0527. The zero-order valence-corrected chi connectivity index (χ0v) is 13.8. The molecule has 130 valence electrons. The van der Waals surface area contributed by atoms with E-state index in [0.29, 0.717) is 18.5 Å². The topological polar surface area (TPSA) is 113 Å². The highest BCUT2D eigenvalue weighted by atomic mass is 16.6. The number of hydrogen-bond acceptors (Lipinski definition) is 4. The Morgan fingerprint density at radius 1 is 1.08 bits per heavy atom. The van der Waals surface area contributed by atoms with Crippen molar-refractivity contribution in [2.75, 3.05) is 6.54 Å². The molecule has 0 spiro atoms. The van der Waals surface area contributed by atoms with Gasteiger partial charge in [0.2, 0.25) is 0 Å². The van der Waals surface area contributed by atoms with E-state index in [0.717, 1.165) is 6.07 Å². The lowest BCUT2D eigenvalue weighted by Crippen LogP contribution is -2.32. The van der Waals surface area contributed by atoms with Crippen LogP contribution < -0.4 is 5.32 Å². The molecule has 7 nitrogen and oxygen atoms in total. The molecule has 0 saturated carbocycles. The van der Waals surface area contributed by atoms with Gasteiger partial charge in [-0.3, -0.25) is 0 Å². The molecule has 0 fully saturated rings. The first-order valence-corrected chi connectivity index (χ1v) is 7.33. The quantitative estimate of drug-likeness (QED) is 0.689. The molecule has 0 radical (unpaired) electrons. The van der Waals surface area contributed by atoms with E-state index in [2.05, 4.69) is 5.32 Å². The molecule has 0 unspecified atom stereocenters. The number of alkyl carbamates (subject to hydrolysis) is 1. The van der Waals surface area contributed by atoms with Gasteiger partial charge >= 0.3 is 18.0 Å². The van der Waals surface area contributed by atoms with Crippen LogP contribution >= 0.6 is 0 Å². The van der Waals surface area contributed by atoms with E-state index in [1.54, 1.807) is 32.9 Å². The summed E-state index contributed by atoms with van der Waals surface area (Å²) in [4.78, 5) is 33.5. The molecule has 1 amide bonds. The average Bonchev–Trinajstić information content (AvgIpc) is 2.44. The second-order valence-electron chi connectivity index (χ2n) is 6.07. The Balaban J connectivity index is 2.63. The van der Waals surface area contributed by atoms with Gasteiger partial charge < -0.3 is 20.3 Å². The summed E-state index contributed by atoms with van der Waals surface area (Å²) in [7, 11) is 0. The third kappa shape index (κ3) is 6.95. The number of hydrogen-bond donors (Lipinski definition) is 3. The highest BCUT2D eigenvalue weighted by molar-refractivity contribution is 5.94. The van der Waals surface area contributed by atoms with Crippen molar-refractivity contribution < 1.29 is 29.3 Å². The first-order valence-electron chi connectivity index (χ1n) is 7.33. The molecule has 0 atom stereocenters. The highest BCUT2D eigenvalue weighted by Gasteiger charge is 2.15. The molecule has 0 saturated heterocycles. The summed E-state index contributed by atoms with van der Waals surface area (Å²) in [6.45, 7) is 5.64. The molecule has 7 heteroatoms. The summed E-state index contributed by atoms with van der Waals surface area (Å²) >= 11 is 0. The maximum absolute atomic E-state index is 11.4. The van der Waals surface area contributed by atoms with Crippen molar-refractivity contribution in [3.63, 3.8) is 0 Å². The summed E-state index contributed by atoms with van der Waals surface area (Å²) in [6, 6.07) is 3.87. The molecule has 0 aromatic heterocycles. The number of carboxylic acids is 2. The molecular weight excluding hydrogens is 314 g/mol. The molecule has 0 heterocycles. The van der Waals surface area contributed by atoms with E-state index < -0.39 is 23.6 Å². The second-order valence-corrected chi connectivity index (χ2v) is 6.07. The number of carbonyl (C=O) groups is 3. The number of nitrogens with one attached hydrogen (secondary N) is 1. The smallest absolute Gasteiger partial charge is 0.407 e. The third-order valence-electron chi connectivity index (χ3n) is 2.74. The van der Waals surface area contributed by atoms with E-state index in [1.807, 2.05) is 0 Å². The maximum Gasteiger partial charge on any atom is 0.407 e. The molecule has 0 bridgehead atoms.